The van der Waals surface area contributed by atoms with Gasteiger partial charge in [-0.1, -0.05) is 17.6 Å². The average Bonchev–Trinajstić information content (AvgIpc) is 3.33. The molecule has 0 atom stereocenters. The fourth-order valence-electron chi connectivity index (χ4n) is 2.72. The Bertz CT molecular complexity index is 957. The van der Waals surface area contributed by atoms with Crippen molar-refractivity contribution in [3.05, 3.63) is 39.2 Å². The zero-order valence-electron chi connectivity index (χ0n) is 14.7. The van der Waals surface area contributed by atoms with Crippen LogP contribution in [-0.2, 0) is 4.79 Å². The van der Waals surface area contributed by atoms with Crippen molar-refractivity contribution in [2.75, 3.05) is 11.9 Å². The van der Waals surface area contributed by atoms with E-state index >= 15 is 0 Å². The van der Waals surface area contributed by atoms with Crippen LogP contribution in [0.3, 0.4) is 0 Å². The Morgan fingerprint density at radius 2 is 2.22 bits per heavy atom. The van der Waals surface area contributed by atoms with Crippen molar-refractivity contribution in [1.29, 1.82) is 0 Å². The molecule has 1 aliphatic carbocycles. The maximum atomic E-state index is 12.2. The molecule has 1 saturated carbocycles. The lowest BCUT2D eigenvalue weighted by Gasteiger charge is -2.20. The third-order valence-corrected chi connectivity index (χ3v) is 6.38. The number of nitrogens with one attached hydrogen (secondary N) is 2. The Kier molecular flexibility index (Phi) is 5.04. The van der Waals surface area contributed by atoms with Gasteiger partial charge in [0.1, 0.15) is 0 Å². The summed E-state index contributed by atoms with van der Waals surface area (Å²) in [7, 11) is 0. The third-order valence-electron chi connectivity index (χ3n) is 4.46. The number of aromatic nitrogens is 2. The van der Waals surface area contributed by atoms with Crippen LogP contribution >= 0.6 is 22.7 Å². The summed E-state index contributed by atoms with van der Waals surface area (Å²) in [6.45, 7) is 1.83. The minimum absolute atomic E-state index is 0.0879. The lowest BCUT2D eigenvalue weighted by molar-refractivity contribution is -0.115. The van der Waals surface area contributed by atoms with Gasteiger partial charge in [-0.05, 0) is 37.3 Å². The first-order valence-corrected chi connectivity index (χ1v) is 10.4. The lowest BCUT2D eigenvalue weighted by atomic mass is 9.85. The zero-order chi connectivity index (χ0) is 18.8. The molecule has 0 aliphatic heterocycles. The van der Waals surface area contributed by atoms with Crippen molar-refractivity contribution in [1.82, 2.24) is 15.5 Å². The number of amides is 2. The second kappa shape index (κ2) is 7.61. The van der Waals surface area contributed by atoms with E-state index in [1.54, 1.807) is 12.1 Å². The van der Waals surface area contributed by atoms with Gasteiger partial charge in [0.15, 0.2) is 0 Å². The normalized spacial score (nSPS) is 14.0. The van der Waals surface area contributed by atoms with Gasteiger partial charge in [-0.3, -0.25) is 9.59 Å². The van der Waals surface area contributed by atoms with E-state index in [4.69, 9.17) is 4.52 Å². The number of hydrogen-bond acceptors (Lipinski definition) is 7. The zero-order valence-corrected chi connectivity index (χ0v) is 16.3. The van der Waals surface area contributed by atoms with Gasteiger partial charge in [0.25, 0.3) is 5.91 Å². The summed E-state index contributed by atoms with van der Waals surface area (Å²) < 4.78 is 5.37. The summed E-state index contributed by atoms with van der Waals surface area (Å²) in [4.78, 5) is 30.9. The van der Waals surface area contributed by atoms with Crippen LogP contribution in [0.15, 0.2) is 28.1 Å². The molecule has 0 aromatic carbocycles. The van der Waals surface area contributed by atoms with E-state index in [9.17, 15) is 9.59 Å². The van der Waals surface area contributed by atoms with Crippen LogP contribution in [0.25, 0.3) is 10.7 Å². The van der Waals surface area contributed by atoms with Crippen LogP contribution in [0, 0.1) is 6.92 Å². The monoisotopic (exact) mass is 402 g/mol. The summed E-state index contributed by atoms with van der Waals surface area (Å²) >= 11 is 2.83. The number of hydrogen-bond donors (Lipinski definition) is 2. The molecule has 4 rings (SSSR count). The minimum Gasteiger partial charge on any atom is -0.342 e. The molecular formula is C18H18N4O3S2. The highest BCUT2D eigenvalue weighted by Crippen LogP contribution is 2.38. The molecule has 3 aromatic rings. The quantitative estimate of drug-likeness (QED) is 0.654. The van der Waals surface area contributed by atoms with E-state index in [1.807, 2.05) is 18.4 Å². The minimum atomic E-state index is -0.282. The first-order valence-electron chi connectivity index (χ1n) is 8.66. The molecular weight excluding hydrogens is 384 g/mol. The fourth-order valence-corrected chi connectivity index (χ4v) is 4.26. The molecule has 27 heavy (non-hydrogen) atoms. The van der Waals surface area contributed by atoms with Crippen LogP contribution in [0.4, 0.5) is 5.69 Å². The molecule has 1 fully saturated rings. The van der Waals surface area contributed by atoms with Gasteiger partial charge >= 0.3 is 0 Å². The molecule has 2 N–H and O–H groups in total. The van der Waals surface area contributed by atoms with E-state index in [0.29, 0.717) is 28.2 Å². The van der Waals surface area contributed by atoms with Crippen molar-refractivity contribution in [3.8, 4) is 10.7 Å². The van der Waals surface area contributed by atoms with Crippen LogP contribution in [0.1, 0.15) is 45.6 Å². The Labute approximate surface area is 163 Å². The average molecular weight is 403 g/mol. The molecule has 9 heteroatoms. The number of carbonyl (C=O) groups excluding carboxylic acids is 2. The van der Waals surface area contributed by atoms with Gasteiger partial charge in [0.2, 0.25) is 17.6 Å². The van der Waals surface area contributed by atoms with Gasteiger partial charge in [0, 0.05) is 10.8 Å². The Morgan fingerprint density at radius 3 is 2.93 bits per heavy atom. The second-order valence-corrected chi connectivity index (χ2v) is 8.58. The van der Waals surface area contributed by atoms with Gasteiger partial charge in [0.05, 0.1) is 22.0 Å². The van der Waals surface area contributed by atoms with Crippen LogP contribution in [0.2, 0.25) is 0 Å². The predicted octanol–water partition coefficient (Wildman–Crippen LogP) is 3.80. The predicted molar refractivity (Wildman–Crippen MR) is 104 cm³/mol. The van der Waals surface area contributed by atoms with Gasteiger partial charge in [-0.25, -0.2) is 0 Å². The van der Waals surface area contributed by atoms with Crippen molar-refractivity contribution >= 4 is 40.2 Å². The second-order valence-electron chi connectivity index (χ2n) is 6.37. The number of rotatable bonds is 6. The molecule has 0 radical (unpaired) electrons. The topological polar surface area (TPSA) is 97.1 Å². The van der Waals surface area contributed by atoms with Crippen LogP contribution < -0.4 is 10.6 Å². The highest BCUT2D eigenvalue weighted by molar-refractivity contribution is 7.16. The van der Waals surface area contributed by atoms with Crippen molar-refractivity contribution in [3.63, 3.8) is 0 Å². The van der Waals surface area contributed by atoms with E-state index in [1.165, 1.54) is 29.1 Å². The first-order chi connectivity index (χ1) is 13.1. The Balaban J connectivity index is 1.37. The summed E-state index contributed by atoms with van der Waals surface area (Å²) in [6.07, 6.45) is 3.41. The maximum Gasteiger partial charge on any atom is 0.261 e. The van der Waals surface area contributed by atoms with E-state index in [-0.39, 0.29) is 18.4 Å². The van der Waals surface area contributed by atoms with Gasteiger partial charge in [-0.2, -0.15) is 4.98 Å². The highest BCUT2D eigenvalue weighted by atomic mass is 32.1. The molecule has 2 amide bonds. The summed E-state index contributed by atoms with van der Waals surface area (Å²) in [5, 5.41) is 11.3. The maximum absolute atomic E-state index is 12.2. The molecule has 0 spiro atoms. The van der Waals surface area contributed by atoms with E-state index < -0.39 is 0 Å². The van der Waals surface area contributed by atoms with Crippen LogP contribution in [0.5, 0.6) is 0 Å². The lowest BCUT2D eigenvalue weighted by Crippen LogP contribution is -2.32. The number of thiophene rings is 2. The summed E-state index contributed by atoms with van der Waals surface area (Å²) in [5.74, 6) is 1.10. The Morgan fingerprint density at radius 1 is 1.37 bits per heavy atom. The Hall–Kier alpha value is -2.52. The number of aryl methyl sites for hydroxylation is 1. The number of carbonyl (C=O) groups is 2. The first kappa shape index (κ1) is 17.9. The van der Waals surface area contributed by atoms with Crippen molar-refractivity contribution in [2.45, 2.75) is 32.1 Å². The number of anilines is 1. The SMILES string of the molecule is Cc1sc(-c2noc(C3CCC3)n2)cc1NC(=O)CNC(=O)c1cccs1. The van der Waals surface area contributed by atoms with Crippen molar-refractivity contribution < 1.29 is 14.1 Å². The number of nitrogens with zero attached hydrogens (tertiary/aromatic N) is 2. The highest BCUT2D eigenvalue weighted by Gasteiger charge is 2.26. The molecule has 140 valence electrons. The van der Waals surface area contributed by atoms with Gasteiger partial charge < -0.3 is 15.2 Å². The van der Waals surface area contributed by atoms with E-state index in [2.05, 4.69) is 20.8 Å². The van der Waals surface area contributed by atoms with E-state index in [0.717, 1.165) is 22.6 Å². The van der Waals surface area contributed by atoms with Crippen LogP contribution in [-0.4, -0.2) is 28.5 Å². The molecule has 0 saturated heterocycles. The smallest absolute Gasteiger partial charge is 0.261 e. The largest absolute Gasteiger partial charge is 0.342 e. The third kappa shape index (κ3) is 3.93. The fraction of sp³-hybridized carbons (Fsp3) is 0.333. The molecule has 1 aliphatic rings. The molecule has 7 nitrogen and oxygen atoms in total. The standard InChI is InChI=1S/C18H18N4O3S2/c1-10-12(20-15(23)9-19-17(24)13-6-3-7-26-13)8-14(27-10)16-21-18(25-22-16)11-4-2-5-11/h3,6-8,11H,2,4-5,9H2,1H3,(H,19,24)(H,20,23). The molecule has 0 unspecified atom stereocenters. The summed E-state index contributed by atoms with van der Waals surface area (Å²) in [5.41, 5.74) is 0.695. The molecule has 3 aromatic heterocycles. The molecule has 3 heterocycles. The van der Waals surface area contributed by atoms with Crippen molar-refractivity contribution in [2.24, 2.45) is 0 Å². The molecule has 0 bridgehead atoms. The summed E-state index contributed by atoms with van der Waals surface area (Å²) in [6, 6.07) is 5.36. The van der Waals surface area contributed by atoms with Gasteiger partial charge in [-0.15, -0.1) is 22.7 Å².